The van der Waals surface area contributed by atoms with E-state index in [9.17, 15) is 10.1 Å². The van der Waals surface area contributed by atoms with Gasteiger partial charge in [-0.1, -0.05) is 29.8 Å². The highest BCUT2D eigenvalue weighted by molar-refractivity contribution is 5.99. The van der Waals surface area contributed by atoms with Gasteiger partial charge in [0.25, 0.3) is 5.69 Å². The second kappa shape index (κ2) is 6.67. The molecule has 0 amide bonds. The van der Waals surface area contributed by atoms with Crippen molar-refractivity contribution in [3.8, 4) is 0 Å². The number of nitro benzene ring substituents is 1. The van der Waals surface area contributed by atoms with Crippen LogP contribution < -0.4 is 5.32 Å². The molecule has 2 rings (SSSR count). The van der Waals surface area contributed by atoms with Crippen LogP contribution in [0, 0.1) is 22.4 Å². The number of nitrogens with one attached hydrogen (secondary N) is 2. The Labute approximate surface area is 129 Å². The third kappa shape index (κ3) is 4.02. The largest absolute Gasteiger partial charge is 0.355 e. The Kier molecular flexibility index (Phi) is 4.68. The van der Waals surface area contributed by atoms with Gasteiger partial charge in [0.1, 0.15) is 0 Å². The molecule has 0 bridgehead atoms. The molecule has 0 atom stereocenters. The zero-order valence-electron chi connectivity index (χ0n) is 12.5. The lowest BCUT2D eigenvalue weighted by atomic mass is 10.1. The number of anilines is 1. The fourth-order valence-electron chi connectivity index (χ4n) is 1.96. The molecule has 2 aromatic carbocycles. The van der Waals surface area contributed by atoms with E-state index >= 15 is 0 Å². The van der Waals surface area contributed by atoms with Crippen LogP contribution in [0.15, 0.2) is 54.6 Å². The molecule has 0 aliphatic rings. The lowest BCUT2D eigenvalue weighted by Gasteiger charge is -2.12. The average molecular weight is 295 g/mol. The third-order valence-corrected chi connectivity index (χ3v) is 3.08. The summed E-state index contributed by atoms with van der Waals surface area (Å²) in [6.07, 6.45) is 1.73. The highest BCUT2D eigenvalue weighted by atomic mass is 16.6. The van der Waals surface area contributed by atoms with Crippen molar-refractivity contribution in [2.45, 2.75) is 13.8 Å². The molecule has 2 N–H and O–H groups in total. The number of non-ortho nitro benzene ring substituents is 1. The van der Waals surface area contributed by atoms with Gasteiger partial charge in [-0.25, -0.2) is 0 Å². The van der Waals surface area contributed by atoms with Gasteiger partial charge in [0, 0.05) is 29.2 Å². The summed E-state index contributed by atoms with van der Waals surface area (Å²) in [5, 5.41) is 21.6. The molecule has 0 spiro atoms. The van der Waals surface area contributed by atoms with Crippen molar-refractivity contribution >= 4 is 22.8 Å². The fraction of sp³-hybridized carbons (Fsp3) is 0.118. The zero-order chi connectivity index (χ0) is 16.1. The molecule has 0 aliphatic carbocycles. The monoisotopic (exact) mass is 295 g/mol. The minimum atomic E-state index is -0.428. The molecule has 2 aromatic rings. The van der Waals surface area contributed by atoms with Crippen molar-refractivity contribution in [3.05, 3.63) is 75.8 Å². The maximum Gasteiger partial charge on any atom is 0.269 e. The van der Waals surface area contributed by atoms with E-state index in [-0.39, 0.29) is 5.69 Å². The SMILES string of the molecule is CC(=N)/C=C(\Nc1ccc([N+](=O)[O-])cc1)c1ccc(C)cc1. The van der Waals surface area contributed by atoms with Crippen molar-refractivity contribution in [3.63, 3.8) is 0 Å². The molecule has 0 unspecified atom stereocenters. The van der Waals surface area contributed by atoms with Crippen molar-refractivity contribution in [2.24, 2.45) is 0 Å². The minimum absolute atomic E-state index is 0.0506. The lowest BCUT2D eigenvalue weighted by molar-refractivity contribution is -0.384. The summed E-state index contributed by atoms with van der Waals surface area (Å²) in [6, 6.07) is 14.2. The fourth-order valence-corrected chi connectivity index (χ4v) is 1.96. The summed E-state index contributed by atoms with van der Waals surface area (Å²) in [5.74, 6) is 0. The van der Waals surface area contributed by atoms with E-state index in [4.69, 9.17) is 5.41 Å². The number of benzene rings is 2. The van der Waals surface area contributed by atoms with Crippen molar-refractivity contribution in [1.82, 2.24) is 0 Å². The van der Waals surface area contributed by atoms with E-state index in [1.165, 1.54) is 12.1 Å². The first-order valence-corrected chi connectivity index (χ1v) is 6.81. The molecule has 0 aromatic heterocycles. The number of hydrogen-bond acceptors (Lipinski definition) is 4. The van der Waals surface area contributed by atoms with Crippen LogP contribution in [0.5, 0.6) is 0 Å². The van der Waals surface area contributed by atoms with Crippen LogP contribution in [0.25, 0.3) is 5.70 Å². The summed E-state index contributed by atoms with van der Waals surface area (Å²) >= 11 is 0. The predicted octanol–water partition coefficient (Wildman–Crippen LogP) is 4.40. The van der Waals surface area contributed by atoms with E-state index < -0.39 is 4.92 Å². The van der Waals surface area contributed by atoms with Gasteiger partial charge in [-0.3, -0.25) is 10.1 Å². The van der Waals surface area contributed by atoms with Crippen LogP contribution >= 0.6 is 0 Å². The molecule has 0 heterocycles. The van der Waals surface area contributed by atoms with Crippen LogP contribution in [0.3, 0.4) is 0 Å². The summed E-state index contributed by atoms with van der Waals surface area (Å²) in [6.45, 7) is 3.71. The van der Waals surface area contributed by atoms with Crippen LogP contribution in [0.2, 0.25) is 0 Å². The summed E-state index contributed by atoms with van der Waals surface area (Å²) < 4.78 is 0. The molecule has 5 nitrogen and oxygen atoms in total. The Hall–Kier alpha value is -2.95. The lowest BCUT2D eigenvalue weighted by Crippen LogP contribution is -2.01. The maximum atomic E-state index is 10.7. The highest BCUT2D eigenvalue weighted by Gasteiger charge is 2.06. The smallest absolute Gasteiger partial charge is 0.269 e. The Morgan fingerprint density at radius 3 is 2.23 bits per heavy atom. The van der Waals surface area contributed by atoms with Crippen LogP contribution in [-0.2, 0) is 0 Å². The second-order valence-electron chi connectivity index (χ2n) is 5.04. The molecular weight excluding hydrogens is 278 g/mol. The van der Waals surface area contributed by atoms with Gasteiger partial charge in [0.05, 0.1) is 4.92 Å². The summed E-state index contributed by atoms with van der Waals surface area (Å²) in [4.78, 5) is 10.3. The standard InChI is InChI=1S/C17H17N3O2/c1-12-3-5-14(6-4-12)17(11-13(2)18)19-15-7-9-16(10-8-15)20(21)22/h3-11,18-19H,1-2H3/b17-11-,18-13?. The zero-order valence-corrected chi connectivity index (χ0v) is 12.5. The predicted molar refractivity (Wildman–Crippen MR) is 89.3 cm³/mol. The Morgan fingerprint density at radius 2 is 1.73 bits per heavy atom. The Bertz CT molecular complexity index is 717. The number of allylic oxidation sites excluding steroid dienone is 1. The van der Waals surface area contributed by atoms with Crippen molar-refractivity contribution in [2.75, 3.05) is 5.32 Å². The first-order valence-electron chi connectivity index (χ1n) is 6.81. The molecule has 22 heavy (non-hydrogen) atoms. The normalized spacial score (nSPS) is 11.1. The van der Waals surface area contributed by atoms with Gasteiger partial charge in [0.2, 0.25) is 0 Å². The van der Waals surface area contributed by atoms with Crippen molar-refractivity contribution in [1.29, 1.82) is 5.41 Å². The van der Waals surface area contributed by atoms with E-state index in [0.717, 1.165) is 22.5 Å². The van der Waals surface area contributed by atoms with Gasteiger partial charge in [-0.05, 0) is 37.6 Å². The van der Waals surface area contributed by atoms with Gasteiger partial charge in [0.15, 0.2) is 0 Å². The van der Waals surface area contributed by atoms with Crippen LogP contribution in [-0.4, -0.2) is 10.6 Å². The average Bonchev–Trinajstić information content (AvgIpc) is 2.47. The van der Waals surface area contributed by atoms with E-state index in [2.05, 4.69) is 5.32 Å². The first kappa shape index (κ1) is 15.4. The maximum absolute atomic E-state index is 10.7. The number of hydrogen-bond donors (Lipinski definition) is 2. The molecule has 0 saturated heterocycles. The topological polar surface area (TPSA) is 79.0 Å². The van der Waals surface area contributed by atoms with Gasteiger partial charge < -0.3 is 10.7 Å². The number of rotatable bonds is 5. The van der Waals surface area contributed by atoms with E-state index in [1.54, 1.807) is 25.1 Å². The van der Waals surface area contributed by atoms with Crippen LogP contribution in [0.1, 0.15) is 18.1 Å². The number of nitro groups is 1. The Morgan fingerprint density at radius 1 is 1.14 bits per heavy atom. The summed E-state index contributed by atoms with van der Waals surface area (Å²) in [7, 11) is 0. The van der Waals surface area contributed by atoms with Crippen LogP contribution in [0.4, 0.5) is 11.4 Å². The van der Waals surface area contributed by atoms with Crippen molar-refractivity contribution < 1.29 is 4.92 Å². The molecule has 0 radical (unpaired) electrons. The Balaban J connectivity index is 2.29. The molecule has 0 saturated carbocycles. The third-order valence-electron chi connectivity index (χ3n) is 3.08. The van der Waals surface area contributed by atoms with Gasteiger partial charge in [-0.2, -0.15) is 0 Å². The molecule has 5 heteroatoms. The van der Waals surface area contributed by atoms with Gasteiger partial charge in [-0.15, -0.1) is 0 Å². The minimum Gasteiger partial charge on any atom is -0.355 e. The highest BCUT2D eigenvalue weighted by Crippen LogP contribution is 2.21. The van der Waals surface area contributed by atoms with Gasteiger partial charge >= 0.3 is 0 Å². The first-order chi connectivity index (χ1) is 10.5. The number of aryl methyl sites for hydroxylation is 1. The molecule has 0 aliphatic heterocycles. The summed E-state index contributed by atoms with van der Waals surface area (Å²) in [5.41, 5.74) is 4.10. The number of nitrogens with zero attached hydrogens (tertiary/aromatic N) is 1. The van der Waals surface area contributed by atoms with E-state index in [0.29, 0.717) is 5.71 Å². The second-order valence-corrected chi connectivity index (χ2v) is 5.04. The molecular formula is C17H17N3O2. The van der Waals surface area contributed by atoms with E-state index in [1.807, 2.05) is 31.2 Å². The quantitative estimate of drug-likeness (QED) is 0.487. The molecule has 0 fully saturated rings. The molecule has 112 valence electrons.